The Labute approximate surface area is 223 Å². The number of nitrogens with zero attached hydrogens (tertiary/aromatic N) is 1. The lowest BCUT2D eigenvalue weighted by Gasteiger charge is -2.25. The van der Waals surface area contributed by atoms with Crippen molar-refractivity contribution in [3.05, 3.63) is 34.9 Å². The largest absolute Gasteiger partial charge is 0.387 e. The fourth-order valence-electron chi connectivity index (χ4n) is 4.62. The van der Waals surface area contributed by atoms with Crippen LogP contribution < -0.4 is 0 Å². The minimum absolute atomic E-state index is 0. The highest BCUT2D eigenvalue weighted by molar-refractivity contribution is 6.30. The minimum Gasteiger partial charge on any atom is -0.387 e. The monoisotopic (exact) mass is 515 g/mol. The topological polar surface area (TPSA) is 23.5 Å². The van der Waals surface area contributed by atoms with Gasteiger partial charge in [0.25, 0.3) is 0 Å². The summed E-state index contributed by atoms with van der Waals surface area (Å²) in [5.74, 6) is 0. The van der Waals surface area contributed by atoms with E-state index in [4.69, 9.17) is 11.6 Å². The number of rotatable bonds is 23. The SMILES string of the molecule is CCCCCCCCCCCN(CCCCCCCCCCC)CC(O)c1ccc(Cl)cc1.Cl. The first-order chi connectivity index (χ1) is 16.2. The van der Waals surface area contributed by atoms with Crippen molar-refractivity contribution < 1.29 is 5.11 Å². The number of hydrogen-bond donors (Lipinski definition) is 1. The van der Waals surface area contributed by atoms with E-state index in [0.717, 1.165) is 30.2 Å². The van der Waals surface area contributed by atoms with Gasteiger partial charge in [-0.05, 0) is 43.6 Å². The summed E-state index contributed by atoms with van der Waals surface area (Å²) in [4.78, 5) is 2.50. The molecule has 1 rings (SSSR count). The minimum atomic E-state index is -0.431. The van der Waals surface area contributed by atoms with Crippen molar-refractivity contribution in [1.29, 1.82) is 0 Å². The van der Waals surface area contributed by atoms with E-state index >= 15 is 0 Å². The van der Waals surface area contributed by atoms with Gasteiger partial charge in [0.15, 0.2) is 0 Å². The lowest BCUT2D eigenvalue weighted by molar-refractivity contribution is 0.110. The molecule has 0 aliphatic heterocycles. The Kier molecular flexibility index (Phi) is 24.2. The molecule has 1 atom stereocenters. The fourth-order valence-corrected chi connectivity index (χ4v) is 4.75. The van der Waals surface area contributed by atoms with E-state index in [1.165, 1.54) is 116 Å². The van der Waals surface area contributed by atoms with Crippen LogP contribution in [0.25, 0.3) is 0 Å². The standard InChI is InChI=1S/C30H54ClNO.ClH/c1-3-5-7-9-11-13-15-17-19-25-32(26-20-18-16-14-12-10-8-6-4-2)27-30(33)28-21-23-29(31)24-22-28;/h21-24,30,33H,3-20,25-27H2,1-2H3;1H. The van der Waals surface area contributed by atoms with Crippen LogP contribution in [-0.4, -0.2) is 29.6 Å². The Morgan fingerprint density at radius 3 is 1.35 bits per heavy atom. The van der Waals surface area contributed by atoms with Gasteiger partial charge in [0.05, 0.1) is 6.10 Å². The average Bonchev–Trinajstić information content (AvgIpc) is 2.82. The zero-order valence-electron chi connectivity index (χ0n) is 22.4. The molecule has 0 radical (unpaired) electrons. The quantitative estimate of drug-likeness (QED) is 0.146. The molecular formula is C30H55Cl2NO. The van der Waals surface area contributed by atoms with Gasteiger partial charge < -0.3 is 10.0 Å². The molecule has 0 aliphatic rings. The second-order valence-electron chi connectivity index (χ2n) is 10.0. The van der Waals surface area contributed by atoms with Crippen molar-refractivity contribution in [2.24, 2.45) is 0 Å². The van der Waals surface area contributed by atoms with Crippen LogP contribution in [0, 0.1) is 0 Å². The maximum absolute atomic E-state index is 10.8. The van der Waals surface area contributed by atoms with E-state index in [9.17, 15) is 5.11 Å². The first kappa shape index (κ1) is 33.7. The summed E-state index contributed by atoms with van der Waals surface area (Å²) in [5.41, 5.74) is 0.976. The van der Waals surface area contributed by atoms with Crippen LogP contribution in [0.3, 0.4) is 0 Å². The summed E-state index contributed by atoms with van der Waals surface area (Å²) in [6, 6.07) is 7.68. The van der Waals surface area contributed by atoms with E-state index < -0.39 is 6.10 Å². The zero-order valence-corrected chi connectivity index (χ0v) is 24.0. The summed E-state index contributed by atoms with van der Waals surface area (Å²) >= 11 is 6.02. The highest BCUT2D eigenvalue weighted by Gasteiger charge is 2.13. The third-order valence-electron chi connectivity index (χ3n) is 6.84. The molecule has 0 heterocycles. The van der Waals surface area contributed by atoms with Crippen molar-refractivity contribution in [2.45, 2.75) is 136 Å². The second kappa shape index (κ2) is 24.4. The van der Waals surface area contributed by atoms with Crippen LogP contribution in [0.15, 0.2) is 24.3 Å². The molecule has 4 heteroatoms. The lowest BCUT2D eigenvalue weighted by atomic mass is 10.1. The number of benzene rings is 1. The maximum Gasteiger partial charge on any atom is 0.0916 e. The average molecular weight is 517 g/mol. The molecule has 0 fully saturated rings. The molecule has 34 heavy (non-hydrogen) atoms. The Morgan fingerprint density at radius 1 is 0.618 bits per heavy atom. The molecule has 1 aromatic rings. The Hall–Kier alpha value is -0.280. The number of hydrogen-bond acceptors (Lipinski definition) is 2. The molecule has 0 amide bonds. The van der Waals surface area contributed by atoms with Gasteiger partial charge >= 0.3 is 0 Å². The van der Waals surface area contributed by atoms with Crippen LogP contribution >= 0.6 is 24.0 Å². The third kappa shape index (κ3) is 19.0. The highest BCUT2D eigenvalue weighted by atomic mass is 35.5. The molecule has 1 unspecified atom stereocenters. The van der Waals surface area contributed by atoms with Gasteiger partial charge in [-0.2, -0.15) is 0 Å². The second-order valence-corrected chi connectivity index (χ2v) is 10.5. The molecule has 0 aromatic heterocycles. The van der Waals surface area contributed by atoms with Gasteiger partial charge in [-0.15, -0.1) is 12.4 Å². The summed E-state index contributed by atoms with van der Waals surface area (Å²) in [6.07, 6.45) is 24.1. The van der Waals surface area contributed by atoms with Gasteiger partial charge in [0.1, 0.15) is 0 Å². The molecule has 1 aromatic carbocycles. The van der Waals surface area contributed by atoms with Crippen molar-refractivity contribution in [1.82, 2.24) is 4.90 Å². The van der Waals surface area contributed by atoms with Gasteiger partial charge in [0, 0.05) is 11.6 Å². The number of halogens is 2. The van der Waals surface area contributed by atoms with Crippen molar-refractivity contribution in [2.75, 3.05) is 19.6 Å². The van der Waals surface area contributed by atoms with Gasteiger partial charge in [-0.3, -0.25) is 0 Å². The molecule has 0 saturated carbocycles. The Bertz CT molecular complexity index is 515. The summed E-state index contributed by atoms with van der Waals surface area (Å²) in [6.45, 7) is 7.51. The van der Waals surface area contributed by atoms with Crippen LogP contribution in [0.2, 0.25) is 5.02 Å². The van der Waals surface area contributed by atoms with Crippen LogP contribution in [0.5, 0.6) is 0 Å². The molecule has 0 spiro atoms. The zero-order chi connectivity index (χ0) is 24.0. The summed E-state index contributed by atoms with van der Waals surface area (Å²) in [5, 5.41) is 11.5. The van der Waals surface area contributed by atoms with Crippen molar-refractivity contribution >= 4 is 24.0 Å². The van der Waals surface area contributed by atoms with E-state index in [2.05, 4.69) is 18.7 Å². The van der Waals surface area contributed by atoms with Gasteiger partial charge in [-0.1, -0.05) is 140 Å². The van der Waals surface area contributed by atoms with Crippen molar-refractivity contribution in [3.63, 3.8) is 0 Å². The molecule has 200 valence electrons. The van der Waals surface area contributed by atoms with Crippen LogP contribution in [0.1, 0.15) is 141 Å². The number of aliphatic hydroxyl groups excluding tert-OH is 1. The molecule has 1 N–H and O–H groups in total. The first-order valence-electron chi connectivity index (χ1n) is 14.3. The van der Waals surface area contributed by atoms with E-state index in [-0.39, 0.29) is 12.4 Å². The maximum atomic E-state index is 10.8. The summed E-state index contributed by atoms with van der Waals surface area (Å²) < 4.78 is 0. The number of aliphatic hydroxyl groups is 1. The van der Waals surface area contributed by atoms with Crippen molar-refractivity contribution in [3.8, 4) is 0 Å². The molecule has 0 aliphatic carbocycles. The smallest absolute Gasteiger partial charge is 0.0916 e. The fraction of sp³-hybridized carbons (Fsp3) is 0.800. The molecular weight excluding hydrogens is 461 g/mol. The molecule has 2 nitrogen and oxygen atoms in total. The van der Waals surface area contributed by atoms with E-state index in [0.29, 0.717) is 0 Å². The lowest BCUT2D eigenvalue weighted by Crippen LogP contribution is -2.31. The predicted molar refractivity (Wildman–Crippen MR) is 155 cm³/mol. The Balaban J connectivity index is 0.0000109. The molecule has 0 saturated heterocycles. The predicted octanol–water partition coefficient (Wildman–Crippen LogP) is 10.2. The molecule has 0 bridgehead atoms. The van der Waals surface area contributed by atoms with Crippen LogP contribution in [0.4, 0.5) is 0 Å². The highest BCUT2D eigenvalue weighted by Crippen LogP contribution is 2.19. The normalized spacial score (nSPS) is 12.1. The van der Waals surface area contributed by atoms with E-state index in [1.54, 1.807) is 0 Å². The number of unbranched alkanes of at least 4 members (excludes halogenated alkanes) is 16. The third-order valence-corrected chi connectivity index (χ3v) is 7.09. The Morgan fingerprint density at radius 2 is 0.971 bits per heavy atom. The van der Waals surface area contributed by atoms with Crippen LogP contribution in [-0.2, 0) is 0 Å². The van der Waals surface area contributed by atoms with Gasteiger partial charge in [0.2, 0.25) is 0 Å². The van der Waals surface area contributed by atoms with E-state index in [1.807, 2.05) is 24.3 Å². The summed E-state index contributed by atoms with van der Waals surface area (Å²) in [7, 11) is 0. The van der Waals surface area contributed by atoms with Gasteiger partial charge in [-0.25, -0.2) is 0 Å². The first-order valence-corrected chi connectivity index (χ1v) is 14.7.